The fraction of sp³-hybridized carbons (Fsp3) is 0.400. The van der Waals surface area contributed by atoms with Crippen molar-refractivity contribution in [3.05, 3.63) is 113 Å². The Bertz CT molecular complexity index is 2160. The molecular weight excluding hydrogens is 747 g/mol. The predicted molar refractivity (Wildman–Crippen MR) is 230 cm³/mol. The summed E-state index contributed by atoms with van der Waals surface area (Å²) in [5.74, 6) is 0.684. The maximum atomic E-state index is 13.6. The van der Waals surface area contributed by atoms with Crippen LogP contribution in [0.5, 0.6) is 5.75 Å². The third kappa shape index (κ3) is 10.0. The molecule has 0 saturated carbocycles. The number of allylic oxidation sites excluding steroid dienone is 1. The minimum Gasteiger partial charge on any atom is -0.507 e. The SMILES string of the molecule is CC1CN(C(/C=C(\N)c2ccccc2O)=C(N)N)CC(c2ccc(C(=O)N3CCC(CN4CCC(n5ccc6cc(NC(=O)CCNC=O)ccc65)CC4)CC3)cc2)O1. The number of likely N-dealkylation sites (tertiary alicyclic amines) is 2. The number of hydrogen-bond donors (Lipinski definition) is 6. The van der Waals surface area contributed by atoms with Crippen molar-refractivity contribution in [2.24, 2.45) is 23.1 Å². The summed E-state index contributed by atoms with van der Waals surface area (Å²) in [4.78, 5) is 42.9. The van der Waals surface area contributed by atoms with Crippen LogP contribution in [0.2, 0.25) is 0 Å². The summed E-state index contributed by atoms with van der Waals surface area (Å²) < 4.78 is 8.72. The molecule has 3 fully saturated rings. The molecule has 2 unspecified atom stereocenters. The highest BCUT2D eigenvalue weighted by molar-refractivity contribution is 5.95. The summed E-state index contributed by atoms with van der Waals surface area (Å²) in [6, 6.07) is 23.2. The molecule has 0 radical (unpaired) electrons. The quantitative estimate of drug-likeness (QED) is 0.0638. The van der Waals surface area contributed by atoms with Gasteiger partial charge < -0.3 is 56.9 Å². The predicted octanol–water partition coefficient (Wildman–Crippen LogP) is 4.46. The molecule has 0 aliphatic carbocycles. The number of piperidine rings is 2. The molecule has 0 bridgehead atoms. The van der Waals surface area contributed by atoms with Gasteiger partial charge in [0.25, 0.3) is 5.91 Å². The van der Waals surface area contributed by atoms with Gasteiger partial charge in [0.15, 0.2) is 0 Å². The highest BCUT2D eigenvalue weighted by Crippen LogP contribution is 2.32. The van der Waals surface area contributed by atoms with Gasteiger partial charge in [0.2, 0.25) is 12.3 Å². The molecule has 3 aromatic carbocycles. The van der Waals surface area contributed by atoms with Crippen molar-refractivity contribution in [2.45, 2.75) is 57.3 Å². The van der Waals surface area contributed by atoms with Crippen LogP contribution in [0.3, 0.4) is 0 Å². The number of para-hydroxylation sites is 1. The molecule has 4 heterocycles. The number of phenolic OH excluding ortho intramolecular Hbond substituents is 1. The van der Waals surface area contributed by atoms with Crippen molar-refractivity contribution < 1.29 is 24.2 Å². The Morgan fingerprint density at radius 1 is 0.898 bits per heavy atom. The second kappa shape index (κ2) is 18.7. The van der Waals surface area contributed by atoms with E-state index in [1.807, 2.05) is 48.2 Å². The van der Waals surface area contributed by atoms with E-state index >= 15 is 0 Å². The van der Waals surface area contributed by atoms with Gasteiger partial charge in [-0.1, -0.05) is 24.3 Å². The zero-order chi connectivity index (χ0) is 41.5. The van der Waals surface area contributed by atoms with E-state index in [0.29, 0.717) is 60.5 Å². The molecule has 3 aliphatic heterocycles. The van der Waals surface area contributed by atoms with Gasteiger partial charge in [-0.15, -0.1) is 0 Å². The van der Waals surface area contributed by atoms with Gasteiger partial charge in [-0.05, 0) is 98.7 Å². The van der Waals surface area contributed by atoms with Gasteiger partial charge in [-0.25, -0.2) is 0 Å². The van der Waals surface area contributed by atoms with Crippen molar-refractivity contribution in [3.63, 3.8) is 0 Å². The number of hydrogen-bond acceptors (Lipinski definition) is 10. The number of ether oxygens (including phenoxy) is 1. The van der Waals surface area contributed by atoms with Gasteiger partial charge in [-0.2, -0.15) is 0 Å². The summed E-state index contributed by atoms with van der Waals surface area (Å²) in [5, 5.41) is 16.8. The molecule has 4 aromatic rings. The van der Waals surface area contributed by atoms with Crippen molar-refractivity contribution >= 4 is 40.5 Å². The molecule has 3 amide bonds. The Kier molecular flexibility index (Phi) is 13.1. The monoisotopic (exact) mass is 803 g/mol. The van der Waals surface area contributed by atoms with Gasteiger partial charge >= 0.3 is 0 Å². The van der Waals surface area contributed by atoms with Crippen LogP contribution in [0.1, 0.15) is 72.7 Å². The lowest BCUT2D eigenvalue weighted by molar-refractivity contribution is -0.116. The largest absolute Gasteiger partial charge is 0.507 e. The van der Waals surface area contributed by atoms with E-state index in [2.05, 4.69) is 43.3 Å². The third-order valence-electron chi connectivity index (χ3n) is 11.9. The molecule has 14 nitrogen and oxygen atoms in total. The number of nitrogens with one attached hydrogen (secondary N) is 2. The summed E-state index contributed by atoms with van der Waals surface area (Å²) in [5.41, 5.74) is 23.6. The molecule has 14 heteroatoms. The molecule has 1 aromatic heterocycles. The molecular formula is C45H57N9O5. The molecule has 3 saturated heterocycles. The van der Waals surface area contributed by atoms with Crippen molar-refractivity contribution in [1.29, 1.82) is 0 Å². The van der Waals surface area contributed by atoms with E-state index in [1.54, 1.807) is 30.3 Å². The lowest BCUT2D eigenvalue weighted by Crippen LogP contribution is -2.43. The topological polar surface area (TPSA) is 197 Å². The Labute approximate surface area is 345 Å². The molecule has 59 heavy (non-hydrogen) atoms. The number of morpholine rings is 1. The number of anilines is 1. The molecule has 7 rings (SSSR count). The Balaban J connectivity index is 0.874. The number of nitrogens with two attached hydrogens (primary N) is 3. The highest BCUT2D eigenvalue weighted by Gasteiger charge is 2.30. The Morgan fingerprint density at radius 3 is 2.36 bits per heavy atom. The zero-order valence-corrected chi connectivity index (χ0v) is 33.8. The number of nitrogens with zero attached hydrogens (tertiary/aromatic N) is 4. The second-order valence-corrected chi connectivity index (χ2v) is 16.1. The number of carbonyl (C=O) groups is 3. The lowest BCUT2D eigenvalue weighted by Gasteiger charge is -2.39. The first-order chi connectivity index (χ1) is 28.6. The number of benzene rings is 3. The normalized spacial score (nSPS) is 19.7. The lowest BCUT2D eigenvalue weighted by atomic mass is 9.94. The number of fused-ring (bicyclic) bond motifs is 1. The molecule has 0 spiro atoms. The van der Waals surface area contributed by atoms with Crippen molar-refractivity contribution in [2.75, 3.05) is 57.7 Å². The number of aromatic hydroxyl groups is 1. The van der Waals surface area contributed by atoms with Gasteiger partial charge in [0, 0.05) is 104 Å². The average molecular weight is 804 g/mol. The number of carbonyl (C=O) groups excluding carboxylic acids is 3. The van der Waals surface area contributed by atoms with Crippen LogP contribution in [0.15, 0.2) is 96.6 Å². The van der Waals surface area contributed by atoms with Crippen LogP contribution in [0, 0.1) is 5.92 Å². The van der Waals surface area contributed by atoms with Crippen LogP contribution >= 0.6 is 0 Å². The Hall–Kier alpha value is -5.99. The number of amides is 3. The molecule has 3 aliphatic rings. The first-order valence-electron chi connectivity index (χ1n) is 20.7. The summed E-state index contributed by atoms with van der Waals surface area (Å²) in [7, 11) is 0. The first kappa shape index (κ1) is 41.2. The van der Waals surface area contributed by atoms with Crippen LogP contribution < -0.4 is 27.8 Å². The number of phenols is 1. The van der Waals surface area contributed by atoms with E-state index < -0.39 is 0 Å². The maximum Gasteiger partial charge on any atom is 0.253 e. The summed E-state index contributed by atoms with van der Waals surface area (Å²) in [6.07, 6.45) is 8.41. The minimum atomic E-state index is -0.279. The van der Waals surface area contributed by atoms with Gasteiger partial charge in [0.1, 0.15) is 17.7 Å². The van der Waals surface area contributed by atoms with Gasteiger partial charge in [0.05, 0.1) is 11.8 Å². The number of rotatable bonds is 13. The smallest absolute Gasteiger partial charge is 0.253 e. The van der Waals surface area contributed by atoms with Crippen LogP contribution in [-0.2, 0) is 14.3 Å². The average Bonchev–Trinajstić information content (AvgIpc) is 3.66. The van der Waals surface area contributed by atoms with Crippen molar-refractivity contribution in [1.82, 2.24) is 24.6 Å². The standard InChI is InChI=1S/C45H57N9O5/c1-30-26-53(40(44(47)48)25-38(46)37-4-2-3-5-41(37)56)28-42(59-30)32-6-8-33(9-7-32)45(58)52-21-13-31(14-22-52)27-51-19-16-36(17-20-51)54-23-15-34-24-35(10-11-39(34)54)50-43(57)12-18-49-29-55/h2-11,15,23-25,29-31,36,42,56H,12-14,16-22,26-28,46-48H2,1H3,(H,49,55)(H,50,57)/b38-25-. The molecule has 312 valence electrons. The zero-order valence-electron chi connectivity index (χ0n) is 33.8. The van der Waals surface area contributed by atoms with E-state index in [0.717, 1.165) is 75.0 Å². The summed E-state index contributed by atoms with van der Waals surface area (Å²) >= 11 is 0. The highest BCUT2D eigenvalue weighted by atomic mass is 16.5. The fourth-order valence-corrected chi connectivity index (χ4v) is 8.75. The van der Waals surface area contributed by atoms with E-state index in [1.165, 1.54) is 5.52 Å². The second-order valence-electron chi connectivity index (χ2n) is 16.1. The van der Waals surface area contributed by atoms with Gasteiger partial charge in [-0.3, -0.25) is 14.4 Å². The summed E-state index contributed by atoms with van der Waals surface area (Å²) in [6.45, 7) is 7.99. The molecule has 9 N–H and O–H groups in total. The minimum absolute atomic E-state index is 0.0571. The Morgan fingerprint density at radius 2 is 1.64 bits per heavy atom. The maximum absolute atomic E-state index is 13.6. The number of aromatic nitrogens is 1. The molecule has 2 atom stereocenters. The van der Waals surface area contributed by atoms with Crippen LogP contribution in [0.25, 0.3) is 16.6 Å². The first-order valence-corrected chi connectivity index (χ1v) is 20.7. The van der Waals surface area contributed by atoms with E-state index in [-0.39, 0.29) is 42.0 Å². The van der Waals surface area contributed by atoms with Crippen LogP contribution in [0.4, 0.5) is 5.69 Å². The fourth-order valence-electron chi connectivity index (χ4n) is 8.75. The van der Waals surface area contributed by atoms with E-state index in [9.17, 15) is 19.5 Å². The van der Waals surface area contributed by atoms with Crippen molar-refractivity contribution in [3.8, 4) is 5.75 Å². The van der Waals surface area contributed by atoms with Crippen LogP contribution in [-0.4, -0.2) is 101 Å². The third-order valence-corrected chi connectivity index (χ3v) is 11.9. The van der Waals surface area contributed by atoms with E-state index in [4.69, 9.17) is 21.9 Å².